The number of hydrogen-bond acceptors (Lipinski definition) is 3. The van der Waals surface area contributed by atoms with Gasteiger partial charge in [-0.3, -0.25) is 4.79 Å². The average Bonchev–Trinajstić information content (AvgIpc) is 2.88. The van der Waals surface area contributed by atoms with Crippen molar-refractivity contribution < 1.29 is 4.79 Å². The molecule has 0 spiro atoms. The highest BCUT2D eigenvalue weighted by Crippen LogP contribution is 2.34. The first-order valence-electron chi connectivity index (χ1n) is 10.3. The van der Waals surface area contributed by atoms with Gasteiger partial charge in [-0.25, -0.2) is 4.98 Å². The number of aromatic nitrogens is 1. The monoisotopic (exact) mass is 410 g/mol. The minimum absolute atomic E-state index is 0.155. The molecule has 4 aromatic carbocycles. The lowest BCUT2D eigenvalue weighted by molar-refractivity contribution is 0.103. The lowest BCUT2D eigenvalue weighted by Gasteiger charge is -2.14. The SMILES string of the molecule is N#Cc1cc(C(=O)c2ccccc2)c(-c2cccc3ccccc23)nc1-c1ccccc1. The van der Waals surface area contributed by atoms with Crippen LogP contribution in [0.2, 0.25) is 0 Å². The number of fused-ring (bicyclic) bond motifs is 1. The van der Waals surface area contributed by atoms with Crippen molar-refractivity contribution in [3.63, 3.8) is 0 Å². The summed E-state index contributed by atoms with van der Waals surface area (Å²) in [5, 5.41) is 12.0. The van der Waals surface area contributed by atoms with Crippen molar-refractivity contribution in [2.24, 2.45) is 0 Å². The summed E-state index contributed by atoms with van der Waals surface area (Å²) in [5.41, 5.74) is 4.21. The number of hydrogen-bond donors (Lipinski definition) is 0. The zero-order valence-corrected chi connectivity index (χ0v) is 17.2. The summed E-state index contributed by atoms with van der Waals surface area (Å²) >= 11 is 0. The summed E-state index contributed by atoms with van der Waals surface area (Å²) in [7, 11) is 0. The van der Waals surface area contributed by atoms with Crippen molar-refractivity contribution >= 4 is 16.6 Å². The fourth-order valence-corrected chi connectivity index (χ4v) is 3.97. The van der Waals surface area contributed by atoms with Crippen molar-refractivity contribution in [2.75, 3.05) is 0 Å². The van der Waals surface area contributed by atoms with E-state index in [1.54, 1.807) is 18.2 Å². The molecular weight excluding hydrogens is 392 g/mol. The van der Waals surface area contributed by atoms with Gasteiger partial charge in [0.15, 0.2) is 5.78 Å². The zero-order valence-electron chi connectivity index (χ0n) is 17.2. The van der Waals surface area contributed by atoms with Crippen LogP contribution in [0.1, 0.15) is 21.5 Å². The third kappa shape index (κ3) is 3.45. The van der Waals surface area contributed by atoms with Crippen LogP contribution in [-0.4, -0.2) is 10.8 Å². The molecule has 32 heavy (non-hydrogen) atoms. The number of ketones is 1. The van der Waals surface area contributed by atoms with Crippen LogP contribution >= 0.6 is 0 Å². The molecule has 1 aromatic heterocycles. The van der Waals surface area contributed by atoms with E-state index in [1.165, 1.54) is 0 Å². The van der Waals surface area contributed by atoms with Gasteiger partial charge in [0.1, 0.15) is 6.07 Å². The summed E-state index contributed by atoms with van der Waals surface area (Å²) in [6, 6.07) is 36.7. The predicted octanol–water partition coefficient (Wildman–Crippen LogP) is 6.67. The van der Waals surface area contributed by atoms with E-state index in [2.05, 4.69) is 6.07 Å². The van der Waals surface area contributed by atoms with Gasteiger partial charge < -0.3 is 0 Å². The molecule has 5 rings (SSSR count). The molecule has 0 atom stereocenters. The van der Waals surface area contributed by atoms with E-state index in [9.17, 15) is 10.1 Å². The van der Waals surface area contributed by atoms with Gasteiger partial charge in [0.05, 0.1) is 22.5 Å². The van der Waals surface area contributed by atoms with Crippen LogP contribution < -0.4 is 0 Å². The lowest BCUT2D eigenvalue weighted by Crippen LogP contribution is -2.07. The van der Waals surface area contributed by atoms with Gasteiger partial charge in [0.25, 0.3) is 0 Å². The van der Waals surface area contributed by atoms with E-state index in [0.29, 0.717) is 28.1 Å². The van der Waals surface area contributed by atoms with Gasteiger partial charge in [-0.1, -0.05) is 103 Å². The largest absolute Gasteiger partial charge is 0.289 e. The quantitative estimate of drug-likeness (QED) is 0.311. The first-order chi connectivity index (χ1) is 15.8. The number of carbonyl (C=O) groups excluding carboxylic acids is 1. The molecule has 0 aliphatic rings. The lowest BCUT2D eigenvalue weighted by atomic mass is 9.92. The molecule has 0 unspecified atom stereocenters. The zero-order chi connectivity index (χ0) is 21.9. The molecule has 3 nitrogen and oxygen atoms in total. The summed E-state index contributed by atoms with van der Waals surface area (Å²) in [6.07, 6.45) is 0. The summed E-state index contributed by atoms with van der Waals surface area (Å²) in [6.45, 7) is 0. The fourth-order valence-electron chi connectivity index (χ4n) is 3.97. The number of carbonyl (C=O) groups is 1. The minimum Gasteiger partial charge on any atom is -0.289 e. The van der Waals surface area contributed by atoms with E-state index in [0.717, 1.165) is 21.9 Å². The maximum Gasteiger partial charge on any atom is 0.195 e. The second kappa shape index (κ2) is 8.29. The number of nitrogens with zero attached hydrogens (tertiary/aromatic N) is 2. The molecule has 0 N–H and O–H groups in total. The Morgan fingerprint density at radius 3 is 2.12 bits per heavy atom. The predicted molar refractivity (Wildman–Crippen MR) is 127 cm³/mol. The Hall–Kier alpha value is -4.55. The summed E-state index contributed by atoms with van der Waals surface area (Å²) < 4.78 is 0. The molecule has 150 valence electrons. The maximum atomic E-state index is 13.5. The Kier molecular flexibility index (Phi) is 5.03. The molecule has 0 aliphatic carbocycles. The van der Waals surface area contributed by atoms with Gasteiger partial charge in [-0.05, 0) is 16.8 Å². The van der Waals surface area contributed by atoms with Crippen molar-refractivity contribution in [3.8, 4) is 28.6 Å². The second-order valence-electron chi connectivity index (χ2n) is 7.48. The van der Waals surface area contributed by atoms with Crippen LogP contribution in [0.4, 0.5) is 0 Å². The standard InChI is InChI=1S/C29H18N2O/c30-19-23-18-26(29(32)22-13-5-2-6-14-22)28(31-27(23)21-11-3-1-4-12-21)25-17-9-15-20-10-7-8-16-24(20)25/h1-18H. The van der Waals surface area contributed by atoms with Crippen LogP contribution in [0, 0.1) is 11.3 Å². The maximum absolute atomic E-state index is 13.5. The van der Waals surface area contributed by atoms with E-state index in [1.807, 2.05) is 91.0 Å². The Morgan fingerprint density at radius 1 is 0.719 bits per heavy atom. The first kappa shape index (κ1) is 19.4. The van der Waals surface area contributed by atoms with Crippen molar-refractivity contribution in [2.45, 2.75) is 0 Å². The van der Waals surface area contributed by atoms with Gasteiger partial charge in [0, 0.05) is 16.7 Å². The highest BCUT2D eigenvalue weighted by atomic mass is 16.1. The molecular formula is C29H18N2O. The van der Waals surface area contributed by atoms with Gasteiger partial charge in [-0.15, -0.1) is 0 Å². The smallest absolute Gasteiger partial charge is 0.195 e. The molecule has 0 saturated heterocycles. The Morgan fingerprint density at radius 2 is 1.38 bits per heavy atom. The fraction of sp³-hybridized carbons (Fsp3) is 0. The molecule has 0 saturated carbocycles. The third-order valence-electron chi connectivity index (χ3n) is 5.52. The van der Waals surface area contributed by atoms with E-state index >= 15 is 0 Å². The van der Waals surface area contributed by atoms with Gasteiger partial charge in [-0.2, -0.15) is 5.26 Å². The molecule has 0 aliphatic heterocycles. The Labute approximate surface area is 186 Å². The van der Waals surface area contributed by atoms with Gasteiger partial charge in [0.2, 0.25) is 0 Å². The number of benzene rings is 4. The van der Waals surface area contributed by atoms with Crippen molar-refractivity contribution in [1.82, 2.24) is 4.98 Å². The van der Waals surface area contributed by atoms with Crippen LogP contribution in [0.15, 0.2) is 109 Å². The highest BCUT2D eigenvalue weighted by Gasteiger charge is 2.21. The van der Waals surface area contributed by atoms with E-state index in [4.69, 9.17) is 4.98 Å². The Bertz CT molecular complexity index is 1480. The van der Waals surface area contributed by atoms with E-state index in [-0.39, 0.29) is 5.78 Å². The third-order valence-corrected chi connectivity index (χ3v) is 5.52. The number of nitriles is 1. The van der Waals surface area contributed by atoms with E-state index < -0.39 is 0 Å². The molecule has 5 aromatic rings. The minimum atomic E-state index is -0.155. The molecule has 0 bridgehead atoms. The molecule has 0 amide bonds. The highest BCUT2D eigenvalue weighted by molar-refractivity contribution is 6.14. The van der Waals surface area contributed by atoms with Crippen LogP contribution in [0.3, 0.4) is 0 Å². The van der Waals surface area contributed by atoms with Gasteiger partial charge >= 0.3 is 0 Å². The summed E-state index contributed by atoms with van der Waals surface area (Å²) in [4.78, 5) is 18.5. The van der Waals surface area contributed by atoms with Crippen molar-refractivity contribution in [1.29, 1.82) is 5.26 Å². The normalized spacial score (nSPS) is 10.6. The molecule has 0 radical (unpaired) electrons. The van der Waals surface area contributed by atoms with Crippen LogP contribution in [0.5, 0.6) is 0 Å². The second-order valence-corrected chi connectivity index (χ2v) is 7.48. The van der Waals surface area contributed by atoms with Crippen molar-refractivity contribution in [3.05, 3.63) is 126 Å². The summed E-state index contributed by atoms with van der Waals surface area (Å²) in [5.74, 6) is -0.155. The molecule has 1 heterocycles. The number of rotatable bonds is 4. The number of pyridine rings is 1. The molecule has 0 fully saturated rings. The van der Waals surface area contributed by atoms with Crippen LogP contribution in [0.25, 0.3) is 33.3 Å². The topological polar surface area (TPSA) is 53.8 Å². The van der Waals surface area contributed by atoms with Crippen LogP contribution in [-0.2, 0) is 0 Å². The molecule has 3 heteroatoms. The first-order valence-corrected chi connectivity index (χ1v) is 10.3. The average molecular weight is 410 g/mol. The Balaban J connectivity index is 1.84.